The van der Waals surface area contributed by atoms with Crippen LogP contribution in [0.1, 0.15) is 24.1 Å². The SMILES string of the molecule is Cc1nn(C)c(Cl)c1CNC1(C(F)(F)F)CC1. The molecule has 2 rings (SSSR count). The highest BCUT2D eigenvalue weighted by molar-refractivity contribution is 6.30. The molecule has 0 amide bonds. The van der Waals surface area contributed by atoms with Crippen molar-refractivity contribution in [1.82, 2.24) is 15.1 Å². The lowest BCUT2D eigenvalue weighted by molar-refractivity contribution is -0.166. The lowest BCUT2D eigenvalue weighted by Gasteiger charge is -2.20. The summed E-state index contributed by atoms with van der Waals surface area (Å²) in [6, 6.07) is 0. The Morgan fingerprint density at radius 3 is 2.41 bits per heavy atom. The molecule has 0 radical (unpaired) electrons. The van der Waals surface area contributed by atoms with Crippen LogP contribution in [0, 0.1) is 6.92 Å². The number of aryl methyl sites for hydroxylation is 2. The molecule has 1 aromatic heterocycles. The van der Waals surface area contributed by atoms with E-state index >= 15 is 0 Å². The van der Waals surface area contributed by atoms with Crippen LogP contribution in [-0.4, -0.2) is 21.5 Å². The van der Waals surface area contributed by atoms with Gasteiger partial charge in [-0.1, -0.05) is 11.6 Å². The minimum atomic E-state index is -4.20. The number of hydrogen-bond acceptors (Lipinski definition) is 2. The van der Waals surface area contributed by atoms with Gasteiger partial charge < -0.3 is 0 Å². The first-order chi connectivity index (χ1) is 7.77. The van der Waals surface area contributed by atoms with E-state index in [1.807, 2.05) is 0 Å². The van der Waals surface area contributed by atoms with Gasteiger partial charge in [0, 0.05) is 19.2 Å². The van der Waals surface area contributed by atoms with Gasteiger partial charge in [-0.05, 0) is 19.8 Å². The average Bonchev–Trinajstić information content (AvgIpc) is 2.93. The molecule has 7 heteroatoms. The Labute approximate surface area is 102 Å². The van der Waals surface area contributed by atoms with Crippen molar-refractivity contribution in [3.63, 3.8) is 0 Å². The van der Waals surface area contributed by atoms with Gasteiger partial charge in [0.2, 0.25) is 0 Å². The summed E-state index contributed by atoms with van der Waals surface area (Å²) in [5.74, 6) is 0. The van der Waals surface area contributed by atoms with E-state index in [4.69, 9.17) is 11.6 Å². The zero-order chi connectivity index (χ0) is 12.8. The number of hydrogen-bond donors (Lipinski definition) is 1. The molecule has 1 saturated carbocycles. The molecule has 1 aliphatic rings. The van der Waals surface area contributed by atoms with Gasteiger partial charge in [0.1, 0.15) is 10.7 Å². The van der Waals surface area contributed by atoms with Gasteiger partial charge >= 0.3 is 6.18 Å². The molecule has 1 fully saturated rings. The number of halogens is 4. The lowest BCUT2D eigenvalue weighted by atomic mass is 10.2. The fourth-order valence-electron chi connectivity index (χ4n) is 1.82. The van der Waals surface area contributed by atoms with E-state index in [-0.39, 0.29) is 19.4 Å². The maximum Gasteiger partial charge on any atom is 0.406 e. The molecule has 1 N–H and O–H groups in total. The number of rotatable bonds is 3. The van der Waals surface area contributed by atoms with Crippen LogP contribution in [0.15, 0.2) is 0 Å². The third-order valence-electron chi connectivity index (χ3n) is 3.17. The summed E-state index contributed by atoms with van der Waals surface area (Å²) in [5.41, 5.74) is -0.425. The summed E-state index contributed by atoms with van der Waals surface area (Å²) in [5, 5.41) is 7.00. The molecule has 0 saturated heterocycles. The summed E-state index contributed by atoms with van der Waals surface area (Å²) in [6.45, 7) is 1.83. The van der Waals surface area contributed by atoms with Crippen LogP contribution in [0.2, 0.25) is 5.15 Å². The zero-order valence-electron chi connectivity index (χ0n) is 9.53. The smallest absolute Gasteiger partial charge is 0.299 e. The Bertz CT molecular complexity index is 435. The predicted molar refractivity (Wildman–Crippen MR) is 57.8 cm³/mol. The molecule has 0 aliphatic heterocycles. The second-order valence-corrected chi connectivity index (χ2v) is 4.77. The van der Waals surface area contributed by atoms with Crippen LogP contribution in [-0.2, 0) is 13.6 Å². The largest absolute Gasteiger partial charge is 0.406 e. The maximum atomic E-state index is 12.7. The quantitative estimate of drug-likeness (QED) is 0.912. The lowest BCUT2D eigenvalue weighted by Crippen LogP contribution is -2.44. The Morgan fingerprint density at radius 2 is 2.06 bits per heavy atom. The van der Waals surface area contributed by atoms with E-state index in [2.05, 4.69) is 10.4 Å². The molecule has 96 valence electrons. The summed E-state index contributed by atoms with van der Waals surface area (Å²) in [7, 11) is 1.66. The molecule has 1 aliphatic carbocycles. The Balaban J connectivity index is 2.09. The van der Waals surface area contributed by atoms with E-state index in [1.54, 1.807) is 14.0 Å². The van der Waals surface area contributed by atoms with Crippen LogP contribution < -0.4 is 5.32 Å². The molecule has 17 heavy (non-hydrogen) atoms. The van der Waals surface area contributed by atoms with Gasteiger partial charge in [-0.2, -0.15) is 18.3 Å². The van der Waals surface area contributed by atoms with E-state index in [1.165, 1.54) is 4.68 Å². The van der Waals surface area contributed by atoms with E-state index in [9.17, 15) is 13.2 Å². The standard InChI is InChI=1S/C10H13ClF3N3/c1-6-7(8(11)17(2)16-6)5-15-9(3-4-9)10(12,13)14/h15H,3-5H2,1-2H3. The molecular weight excluding hydrogens is 255 g/mol. The summed E-state index contributed by atoms with van der Waals surface area (Å²) in [6.07, 6.45) is -3.93. The molecular formula is C10H13ClF3N3. The van der Waals surface area contributed by atoms with Crippen LogP contribution in [0.5, 0.6) is 0 Å². The fraction of sp³-hybridized carbons (Fsp3) is 0.700. The average molecular weight is 268 g/mol. The molecule has 1 aromatic rings. The van der Waals surface area contributed by atoms with Gasteiger partial charge in [0.05, 0.1) is 5.69 Å². The summed E-state index contributed by atoms with van der Waals surface area (Å²) >= 11 is 5.96. The highest BCUT2D eigenvalue weighted by Gasteiger charge is 2.63. The fourth-order valence-corrected chi connectivity index (χ4v) is 2.06. The Morgan fingerprint density at radius 1 is 1.47 bits per heavy atom. The number of nitrogens with one attached hydrogen (secondary N) is 1. The predicted octanol–water partition coefficient (Wildman–Crippen LogP) is 2.57. The van der Waals surface area contributed by atoms with Crippen molar-refractivity contribution >= 4 is 11.6 Å². The second-order valence-electron chi connectivity index (χ2n) is 4.41. The third kappa shape index (κ3) is 2.15. The van der Waals surface area contributed by atoms with E-state index in [0.29, 0.717) is 16.4 Å². The molecule has 3 nitrogen and oxygen atoms in total. The molecule has 0 unspecified atom stereocenters. The van der Waals surface area contributed by atoms with Gasteiger partial charge in [-0.3, -0.25) is 10.00 Å². The van der Waals surface area contributed by atoms with Crippen LogP contribution >= 0.6 is 11.6 Å². The minimum absolute atomic E-state index is 0.0953. The van der Waals surface area contributed by atoms with Crippen molar-refractivity contribution in [1.29, 1.82) is 0 Å². The number of nitrogens with zero attached hydrogens (tertiary/aromatic N) is 2. The molecule has 0 aromatic carbocycles. The Hall–Kier alpha value is -0.750. The van der Waals surface area contributed by atoms with Crippen molar-refractivity contribution < 1.29 is 13.2 Å². The molecule has 0 atom stereocenters. The van der Waals surface area contributed by atoms with Crippen LogP contribution in [0.4, 0.5) is 13.2 Å². The normalized spacial score (nSPS) is 18.5. The van der Waals surface area contributed by atoms with Gasteiger partial charge in [0.25, 0.3) is 0 Å². The van der Waals surface area contributed by atoms with Crippen molar-refractivity contribution in [2.75, 3.05) is 0 Å². The van der Waals surface area contributed by atoms with Crippen LogP contribution in [0.25, 0.3) is 0 Å². The highest BCUT2D eigenvalue weighted by atomic mass is 35.5. The first-order valence-electron chi connectivity index (χ1n) is 5.26. The van der Waals surface area contributed by atoms with Gasteiger partial charge in [-0.25, -0.2) is 0 Å². The monoisotopic (exact) mass is 267 g/mol. The van der Waals surface area contributed by atoms with E-state index < -0.39 is 11.7 Å². The maximum absolute atomic E-state index is 12.7. The Kier molecular flexibility index (Phi) is 2.90. The van der Waals surface area contributed by atoms with Gasteiger partial charge in [0.15, 0.2) is 0 Å². The zero-order valence-corrected chi connectivity index (χ0v) is 10.3. The third-order valence-corrected chi connectivity index (χ3v) is 3.64. The second kappa shape index (κ2) is 3.88. The molecule has 0 bridgehead atoms. The number of aromatic nitrogens is 2. The van der Waals surface area contributed by atoms with Crippen LogP contribution in [0.3, 0.4) is 0 Å². The molecule has 0 spiro atoms. The topological polar surface area (TPSA) is 29.9 Å². The van der Waals surface area contributed by atoms with Crippen molar-refractivity contribution in [3.8, 4) is 0 Å². The molecule has 1 heterocycles. The summed E-state index contributed by atoms with van der Waals surface area (Å²) < 4.78 is 39.5. The highest BCUT2D eigenvalue weighted by Crippen LogP contribution is 2.49. The van der Waals surface area contributed by atoms with Crippen molar-refractivity contribution in [2.45, 2.75) is 38.0 Å². The summed E-state index contributed by atoms with van der Waals surface area (Å²) in [4.78, 5) is 0. The van der Waals surface area contributed by atoms with Crippen molar-refractivity contribution in [3.05, 3.63) is 16.4 Å². The number of alkyl halides is 3. The van der Waals surface area contributed by atoms with Gasteiger partial charge in [-0.15, -0.1) is 0 Å². The minimum Gasteiger partial charge on any atom is -0.299 e. The van der Waals surface area contributed by atoms with E-state index in [0.717, 1.165) is 0 Å². The van der Waals surface area contributed by atoms with Crippen molar-refractivity contribution in [2.24, 2.45) is 7.05 Å². The first-order valence-corrected chi connectivity index (χ1v) is 5.64. The first kappa shape index (κ1) is 12.7.